The van der Waals surface area contributed by atoms with Crippen molar-refractivity contribution in [1.29, 1.82) is 0 Å². The van der Waals surface area contributed by atoms with Crippen LogP contribution >= 0.6 is 0 Å². The van der Waals surface area contributed by atoms with E-state index in [1.807, 2.05) is 0 Å². The van der Waals surface area contributed by atoms with Crippen LogP contribution in [0.3, 0.4) is 0 Å². The number of rotatable bonds is 4. The lowest BCUT2D eigenvalue weighted by molar-refractivity contribution is -0.141. The molecule has 0 fully saturated rings. The van der Waals surface area contributed by atoms with Gasteiger partial charge in [-0.2, -0.15) is 18.2 Å². The Morgan fingerprint density at radius 3 is 2.57 bits per heavy atom. The molecule has 0 saturated carbocycles. The number of aryl methyl sites for hydroxylation is 1. The number of hydrogen-bond acceptors (Lipinski definition) is 5. The van der Waals surface area contributed by atoms with Crippen molar-refractivity contribution in [3.8, 4) is 0 Å². The van der Waals surface area contributed by atoms with Crippen LogP contribution in [0.5, 0.6) is 0 Å². The van der Waals surface area contributed by atoms with Gasteiger partial charge in [-0.05, 0) is 13.0 Å². The smallest absolute Gasteiger partial charge is 0.433 e. The van der Waals surface area contributed by atoms with Crippen molar-refractivity contribution in [3.63, 3.8) is 0 Å². The Balaban J connectivity index is 2.32. The van der Waals surface area contributed by atoms with Gasteiger partial charge in [-0.3, -0.25) is 0 Å². The molecule has 0 aromatic carbocycles. The Kier molecular flexibility index (Phi) is 4.06. The first-order valence-corrected chi connectivity index (χ1v) is 6.19. The molecule has 0 aliphatic heterocycles. The quantitative estimate of drug-likeness (QED) is 0.940. The van der Waals surface area contributed by atoms with E-state index in [1.165, 1.54) is 7.05 Å². The summed E-state index contributed by atoms with van der Waals surface area (Å²) < 4.78 is 43.7. The number of furan rings is 1. The predicted molar refractivity (Wildman–Crippen MR) is 72.1 cm³/mol. The number of halogens is 3. The maximum Gasteiger partial charge on any atom is 0.433 e. The average molecular weight is 300 g/mol. The third kappa shape index (κ3) is 3.45. The summed E-state index contributed by atoms with van der Waals surface area (Å²) in [5.41, 5.74) is -0.0942. The summed E-state index contributed by atoms with van der Waals surface area (Å²) in [5.74, 6) is 0.832. The number of nitrogens with zero attached hydrogens (tertiary/aromatic N) is 3. The summed E-state index contributed by atoms with van der Waals surface area (Å²) in [6.45, 7) is 2.18. The van der Waals surface area contributed by atoms with Crippen molar-refractivity contribution in [2.75, 3.05) is 24.3 Å². The lowest BCUT2D eigenvalue weighted by Crippen LogP contribution is -2.20. The first-order chi connectivity index (χ1) is 9.81. The maximum atomic E-state index is 12.8. The summed E-state index contributed by atoms with van der Waals surface area (Å²) >= 11 is 0. The molecule has 0 spiro atoms. The summed E-state index contributed by atoms with van der Waals surface area (Å²) in [7, 11) is 3.13. The van der Waals surface area contributed by atoms with Crippen molar-refractivity contribution in [1.82, 2.24) is 9.97 Å². The summed E-state index contributed by atoms with van der Waals surface area (Å²) in [4.78, 5) is 9.08. The Morgan fingerprint density at radius 2 is 2.05 bits per heavy atom. The lowest BCUT2D eigenvalue weighted by atomic mass is 10.2. The molecule has 2 aromatic rings. The molecule has 0 aliphatic carbocycles. The van der Waals surface area contributed by atoms with Crippen LogP contribution in [-0.4, -0.2) is 24.1 Å². The average Bonchev–Trinajstić information content (AvgIpc) is 2.82. The highest BCUT2D eigenvalue weighted by molar-refractivity contribution is 5.45. The van der Waals surface area contributed by atoms with E-state index < -0.39 is 11.9 Å². The van der Waals surface area contributed by atoms with Gasteiger partial charge >= 0.3 is 6.18 Å². The number of anilines is 2. The highest BCUT2D eigenvalue weighted by Gasteiger charge is 2.34. The zero-order valence-electron chi connectivity index (χ0n) is 11.8. The second-order valence-electron chi connectivity index (χ2n) is 4.54. The second kappa shape index (κ2) is 5.63. The van der Waals surface area contributed by atoms with Crippen molar-refractivity contribution >= 4 is 11.8 Å². The highest BCUT2D eigenvalue weighted by atomic mass is 19.4. The molecular formula is C13H15F3N4O. The molecule has 2 rings (SSSR count). The van der Waals surface area contributed by atoms with Crippen LogP contribution in [-0.2, 0) is 12.7 Å². The van der Waals surface area contributed by atoms with Gasteiger partial charge in [-0.25, -0.2) is 4.98 Å². The number of aromatic nitrogens is 2. The fourth-order valence-electron chi connectivity index (χ4n) is 1.80. The fourth-order valence-corrected chi connectivity index (χ4v) is 1.80. The third-order valence-electron chi connectivity index (χ3n) is 2.99. The number of alkyl halides is 3. The van der Waals surface area contributed by atoms with Crippen LogP contribution in [0.1, 0.15) is 17.0 Å². The molecule has 5 nitrogen and oxygen atoms in total. The Morgan fingerprint density at radius 1 is 1.33 bits per heavy atom. The highest BCUT2D eigenvalue weighted by Crippen LogP contribution is 2.30. The minimum atomic E-state index is -4.52. The Bertz CT molecular complexity index is 624. The van der Waals surface area contributed by atoms with Gasteiger partial charge in [-0.1, -0.05) is 0 Å². The van der Waals surface area contributed by atoms with Gasteiger partial charge in [-0.15, -0.1) is 0 Å². The van der Waals surface area contributed by atoms with Gasteiger partial charge in [0.25, 0.3) is 0 Å². The number of hydrogen-bond donors (Lipinski definition) is 1. The normalized spacial score (nSPS) is 11.5. The largest absolute Gasteiger partial charge is 0.469 e. The van der Waals surface area contributed by atoms with Gasteiger partial charge in [0.1, 0.15) is 11.6 Å². The van der Waals surface area contributed by atoms with E-state index in [9.17, 15) is 13.2 Å². The van der Waals surface area contributed by atoms with E-state index in [2.05, 4.69) is 15.3 Å². The molecule has 2 heterocycles. The van der Waals surface area contributed by atoms with Crippen molar-refractivity contribution in [2.45, 2.75) is 19.6 Å². The minimum absolute atomic E-state index is 0.0735. The summed E-state index contributed by atoms with van der Waals surface area (Å²) in [6.07, 6.45) is -2.98. The van der Waals surface area contributed by atoms with Gasteiger partial charge in [0, 0.05) is 32.3 Å². The van der Waals surface area contributed by atoms with Crippen LogP contribution < -0.4 is 10.2 Å². The Labute approximate surface area is 119 Å². The van der Waals surface area contributed by atoms with Crippen LogP contribution in [0, 0.1) is 6.92 Å². The van der Waals surface area contributed by atoms with E-state index in [4.69, 9.17) is 4.42 Å². The first-order valence-electron chi connectivity index (χ1n) is 6.19. The summed E-state index contributed by atoms with van der Waals surface area (Å²) in [5, 5.41) is 2.54. The molecule has 0 amide bonds. The van der Waals surface area contributed by atoms with E-state index in [0.29, 0.717) is 6.54 Å². The first kappa shape index (κ1) is 15.1. The Hall–Kier alpha value is -2.25. The minimum Gasteiger partial charge on any atom is -0.469 e. The standard InChI is InChI=1S/C13H15F3N4O/c1-8-9(4-5-21-8)7-20(3)11-6-10(13(14,15)16)18-12(17-2)19-11/h4-6H,7H2,1-3H3,(H,17,18,19). The molecule has 0 bridgehead atoms. The number of nitrogens with one attached hydrogen (secondary N) is 1. The van der Waals surface area contributed by atoms with Gasteiger partial charge in [0.05, 0.1) is 6.26 Å². The molecule has 21 heavy (non-hydrogen) atoms. The van der Waals surface area contributed by atoms with Crippen molar-refractivity contribution in [2.24, 2.45) is 0 Å². The zero-order chi connectivity index (χ0) is 15.6. The second-order valence-corrected chi connectivity index (χ2v) is 4.54. The van der Waals surface area contributed by atoms with Crippen LogP contribution in [0.15, 0.2) is 22.8 Å². The lowest BCUT2D eigenvalue weighted by Gasteiger charge is -2.19. The monoisotopic (exact) mass is 300 g/mol. The predicted octanol–water partition coefficient (Wildman–Crippen LogP) is 3.07. The topological polar surface area (TPSA) is 54.2 Å². The van der Waals surface area contributed by atoms with E-state index in [-0.39, 0.29) is 11.8 Å². The van der Waals surface area contributed by atoms with Crippen LogP contribution in [0.4, 0.5) is 24.9 Å². The van der Waals surface area contributed by atoms with Crippen molar-refractivity contribution < 1.29 is 17.6 Å². The maximum absolute atomic E-state index is 12.8. The fraction of sp³-hybridized carbons (Fsp3) is 0.385. The molecule has 114 valence electrons. The van der Waals surface area contributed by atoms with Crippen LogP contribution in [0.25, 0.3) is 0 Å². The van der Waals surface area contributed by atoms with E-state index in [0.717, 1.165) is 17.4 Å². The molecule has 0 aliphatic rings. The zero-order valence-corrected chi connectivity index (χ0v) is 11.8. The molecule has 1 N–H and O–H groups in total. The van der Waals surface area contributed by atoms with E-state index in [1.54, 1.807) is 31.2 Å². The SMILES string of the molecule is CNc1nc(N(C)Cc2ccoc2C)cc(C(F)(F)F)n1. The van der Waals surface area contributed by atoms with Crippen molar-refractivity contribution in [3.05, 3.63) is 35.4 Å². The van der Waals surface area contributed by atoms with E-state index >= 15 is 0 Å². The van der Waals surface area contributed by atoms with Gasteiger partial charge < -0.3 is 14.6 Å². The molecular weight excluding hydrogens is 285 g/mol. The molecule has 8 heteroatoms. The molecule has 0 unspecified atom stereocenters. The van der Waals surface area contributed by atoms with Gasteiger partial charge in [0.15, 0.2) is 5.69 Å². The summed E-state index contributed by atoms with van der Waals surface area (Å²) in [6, 6.07) is 2.70. The molecule has 0 atom stereocenters. The molecule has 2 aromatic heterocycles. The van der Waals surface area contributed by atoms with Crippen LogP contribution in [0.2, 0.25) is 0 Å². The molecule has 0 saturated heterocycles. The third-order valence-corrected chi connectivity index (χ3v) is 2.99. The molecule has 0 radical (unpaired) electrons. The van der Waals surface area contributed by atoms with Gasteiger partial charge in [0.2, 0.25) is 5.95 Å².